The topological polar surface area (TPSA) is 92.3 Å². The molecule has 2 aromatic heterocycles. The Balaban J connectivity index is 2.51. The number of anilines is 1. The molecule has 2 aromatic rings. The fraction of sp³-hybridized carbons (Fsp3) is 0.312. The highest BCUT2D eigenvalue weighted by Crippen LogP contribution is 2.33. The Morgan fingerprint density at radius 3 is 2.60 bits per heavy atom. The number of nitrogens with one attached hydrogen (secondary N) is 1. The Bertz CT molecular complexity index is 914. The largest absolute Gasteiger partial charge is 0.301 e. The van der Waals surface area contributed by atoms with Crippen LogP contribution in [0.15, 0.2) is 24.5 Å². The molecule has 1 N–H and O–H groups in total. The first kappa shape index (κ1) is 19.3. The highest BCUT2D eigenvalue weighted by Gasteiger charge is 2.19. The summed E-state index contributed by atoms with van der Waals surface area (Å²) in [5, 5.41) is 0.0599. The van der Waals surface area contributed by atoms with Crippen molar-refractivity contribution in [2.45, 2.75) is 20.3 Å². The van der Waals surface area contributed by atoms with Gasteiger partial charge < -0.3 is 0 Å². The van der Waals surface area contributed by atoms with Crippen molar-refractivity contribution in [3.05, 3.63) is 40.9 Å². The normalized spacial score (nSPS) is 11.6. The lowest BCUT2D eigenvalue weighted by Crippen LogP contribution is -2.29. The Morgan fingerprint density at radius 1 is 1.32 bits per heavy atom. The van der Waals surface area contributed by atoms with Gasteiger partial charge in [-0.1, -0.05) is 11.6 Å². The van der Waals surface area contributed by atoms with Gasteiger partial charge >= 0.3 is 10.2 Å². The fourth-order valence-electron chi connectivity index (χ4n) is 2.20. The number of pyridine rings is 2. The molecule has 9 heteroatoms. The van der Waals surface area contributed by atoms with Gasteiger partial charge in [-0.3, -0.25) is 14.5 Å². The highest BCUT2D eigenvalue weighted by atomic mass is 35.5. The second kappa shape index (κ2) is 7.47. The van der Waals surface area contributed by atoms with E-state index in [4.69, 9.17) is 11.6 Å². The Morgan fingerprint density at radius 2 is 2.00 bits per heavy atom. The summed E-state index contributed by atoms with van der Waals surface area (Å²) in [5.41, 5.74) is 2.96. The van der Waals surface area contributed by atoms with Crippen LogP contribution in [0, 0.1) is 6.92 Å². The number of halogens is 1. The number of hydrogen-bond donors (Lipinski definition) is 1. The number of ketones is 1. The van der Waals surface area contributed by atoms with Gasteiger partial charge in [0.15, 0.2) is 5.15 Å². The van der Waals surface area contributed by atoms with E-state index >= 15 is 0 Å². The quantitative estimate of drug-likeness (QED) is 0.774. The summed E-state index contributed by atoms with van der Waals surface area (Å²) < 4.78 is 27.7. The molecule has 0 saturated heterocycles. The van der Waals surface area contributed by atoms with Crippen molar-refractivity contribution in [3.63, 3.8) is 0 Å². The molecular formula is C16H19ClN4O3S. The maximum atomic E-state index is 12.1. The minimum atomic E-state index is -3.72. The van der Waals surface area contributed by atoms with Crippen molar-refractivity contribution in [2.75, 3.05) is 18.8 Å². The molecule has 0 aromatic carbocycles. The molecule has 0 saturated carbocycles. The van der Waals surface area contributed by atoms with Crippen LogP contribution in [0.4, 0.5) is 5.69 Å². The van der Waals surface area contributed by atoms with Crippen LogP contribution >= 0.6 is 11.6 Å². The molecule has 25 heavy (non-hydrogen) atoms. The van der Waals surface area contributed by atoms with Gasteiger partial charge in [0.05, 0.1) is 5.69 Å². The van der Waals surface area contributed by atoms with Crippen LogP contribution in [-0.2, 0) is 21.4 Å². The zero-order valence-electron chi connectivity index (χ0n) is 14.4. The molecule has 0 atom stereocenters. The van der Waals surface area contributed by atoms with Crippen molar-refractivity contribution < 1.29 is 13.2 Å². The summed E-state index contributed by atoms with van der Waals surface area (Å²) in [6.45, 7) is 3.25. The molecule has 0 spiro atoms. The van der Waals surface area contributed by atoms with Crippen molar-refractivity contribution in [1.82, 2.24) is 14.3 Å². The number of Topliss-reactive ketones (excluding diaryl/α,β-unsaturated/α-hetero) is 1. The molecular weight excluding hydrogens is 364 g/mol. The fourth-order valence-corrected chi connectivity index (χ4v) is 3.18. The monoisotopic (exact) mass is 382 g/mol. The third-order valence-corrected chi connectivity index (χ3v) is 5.27. The number of carbonyl (C=O) groups excluding carboxylic acids is 1. The maximum absolute atomic E-state index is 12.1. The standard InChI is InChI=1S/C16H19ClN4O3S/c1-10(22)7-13-8-12(5-6-18-13)14-9-19-16(17)15(11(14)2)20-25(23,24)21(3)4/h5-6,8-9,20H,7H2,1-4H3. The van der Waals surface area contributed by atoms with Crippen molar-refractivity contribution >= 4 is 33.3 Å². The zero-order chi connectivity index (χ0) is 18.8. The number of carbonyl (C=O) groups is 1. The highest BCUT2D eigenvalue weighted by molar-refractivity contribution is 7.90. The second-order valence-corrected chi connectivity index (χ2v) is 8.01. The molecule has 7 nitrogen and oxygen atoms in total. The van der Waals surface area contributed by atoms with Gasteiger partial charge in [-0.15, -0.1) is 0 Å². The molecule has 0 radical (unpaired) electrons. The Kier molecular flexibility index (Phi) is 5.76. The molecule has 0 amide bonds. The van der Waals surface area contributed by atoms with E-state index in [1.54, 1.807) is 31.5 Å². The molecule has 0 aliphatic rings. The van der Waals surface area contributed by atoms with Gasteiger partial charge in [0, 0.05) is 44.2 Å². The lowest BCUT2D eigenvalue weighted by Gasteiger charge is -2.17. The van der Waals surface area contributed by atoms with Crippen LogP contribution in [0.25, 0.3) is 11.1 Å². The van der Waals surface area contributed by atoms with Crippen molar-refractivity contribution in [2.24, 2.45) is 0 Å². The number of nitrogens with zero attached hydrogens (tertiary/aromatic N) is 3. The molecule has 0 aliphatic heterocycles. The average molecular weight is 383 g/mol. The van der Waals surface area contributed by atoms with Crippen LogP contribution in [-0.4, -0.2) is 42.6 Å². The van der Waals surface area contributed by atoms with Gasteiger partial charge in [0.1, 0.15) is 5.78 Å². The van der Waals surface area contributed by atoms with E-state index in [-0.39, 0.29) is 23.0 Å². The summed E-state index contributed by atoms with van der Waals surface area (Å²) in [5.74, 6) is 0.00929. The minimum Gasteiger partial charge on any atom is -0.300 e. The van der Waals surface area contributed by atoms with Crippen molar-refractivity contribution in [1.29, 1.82) is 0 Å². The minimum absolute atomic E-state index is 0.00929. The van der Waals surface area contributed by atoms with Crippen LogP contribution in [0.2, 0.25) is 5.15 Å². The molecule has 0 bridgehead atoms. The molecule has 0 unspecified atom stereocenters. The predicted molar refractivity (Wildman–Crippen MR) is 97.8 cm³/mol. The van der Waals surface area contributed by atoms with Gasteiger partial charge in [-0.25, -0.2) is 4.98 Å². The molecule has 0 fully saturated rings. The average Bonchev–Trinajstić information content (AvgIpc) is 2.51. The summed E-state index contributed by atoms with van der Waals surface area (Å²) in [6, 6.07) is 3.55. The second-order valence-electron chi connectivity index (χ2n) is 5.77. The van der Waals surface area contributed by atoms with Crippen LogP contribution in [0.5, 0.6) is 0 Å². The van der Waals surface area contributed by atoms with Gasteiger partial charge in [0.2, 0.25) is 0 Å². The summed E-state index contributed by atoms with van der Waals surface area (Å²) in [7, 11) is -0.885. The summed E-state index contributed by atoms with van der Waals surface area (Å²) >= 11 is 6.09. The summed E-state index contributed by atoms with van der Waals surface area (Å²) in [6.07, 6.45) is 3.40. The van der Waals surface area contributed by atoms with Crippen LogP contribution < -0.4 is 4.72 Å². The van der Waals surface area contributed by atoms with E-state index in [1.165, 1.54) is 21.0 Å². The molecule has 2 rings (SSSR count). The smallest absolute Gasteiger partial charge is 0.300 e. The van der Waals surface area contributed by atoms with E-state index in [2.05, 4.69) is 14.7 Å². The first-order chi connectivity index (χ1) is 11.6. The first-order valence-electron chi connectivity index (χ1n) is 7.42. The molecule has 134 valence electrons. The Hall–Kier alpha value is -2.03. The SMILES string of the molecule is CC(=O)Cc1cc(-c2cnc(Cl)c(NS(=O)(=O)N(C)C)c2C)ccn1. The zero-order valence-corrected chi connectivity index (χ0v) is 15.9. The van der Waals surface area contributed by atoms with E-state index in [0.29, 0.717) is 16.8 Å². The lowest BCUT2D eigenvalue weighted by molar-refractivity contribution is -0.116. The first-order valence-corrected chi connectivity index (χ1v) is 9.23. The van der Waals surface area contributed by atoms with Crippen LogP contribution in [0.1, 0.15) is 18.2 Å². The van der Waals surface area contributed by atoms with Gasteiger partial charge in [-0.05, 0) is 37.1 Å². The molecule has 2 heterocycles. The lowest BCUT2D eigenvalue weighted by atomic mass is 10.0. The van der Waals surface area contributed by atoms with Crippen molar-refractivity contribution in [3.8, 4) is 11.1 Å². The number of aromatic nitrogens is 2. The number of rotatable bonds is 6. The van der Waals surface area contributed by atoms with Crippen LogP contribution in [0.3, 0.4) is 0 Å². The van der Waals surface area contributed by atoms with E-state index in [0.717, 1.165) is 9.87 Å². The van der Waals surface area contributed by atoms with E-state index in [9.17, 15) is 13.2 Å². The van der Waals surface area contributed by atoms with Gasteiger partial charge in [-0.2, -0.15) is 12.7 Å². The molecule has 0 aliphatic carbocycles. The van der Waals surface area contributed by atoms with Gasteiger partial charge in [0.25, 0.3) is 0 Å². The number of hydrogen-bond acceptors (Lipinski definition) is 5. The Labute approximate surface area is 152 Å². The summed E-state index contributed by atoms with van der Waals surface area (Å²) in [4.78, 5) is 19.6. The van der Waals surface area contributed by atoms with E-state index in [1.807, 2.05) is 0 Å². The third kappa shape index (κ3) is 4.53. The maximum Gasteiger partial charge on any atom is 0.301 e. The predicted octanol–water partition coefficient (Wildman–Crippen LogP) is 2.46. The third-order valence-electron chi connectivity index (χ3n) is 3.56. The van der Waals surface area contributed by atoms with E-state index < -0.39 is 10.2 Å².